The number of carbonyl (C=O) groups excluding carboxylic acids is 2. The molecule has 0 unspecified atom stereocenters. The predicted molar refractivity (Wildman–Crippen MR) is 182 cm³/mol. The number of carbonyl (C=O) groups is 2. The number of halogens is 6. The first kappa shape index (κ1) is 40.0. The van der Waals surface area contributed by atoms with E-state index in [1.807, 2.05) is 0 Å². The van der Waals surface area contributed by atoms with Crippen molar-refractivity contribution in [2.24, 2.45) is 4.99 Å². The van der Waals surface area contributed by atoms with Crippen molar-refractivity contribution in [1.82, 2.24) is 14.5 Å². The fourth-order valence-corrected chi connectivity index (χ4v) is 7.68. The van der Waals surface area contributed by atoms with Crippen LogP contribution in [0.4, 0.5) is 26.3 Å². The molecule has 5 rings (SSSR count). The molecule has 3 aliphatic heterocycles. The zero-order valence-electron chi connectivity index (χ0n) is 29.2. The Labute approximate surface area is 302 Å². The van der Waals surface area contributed by atoms with Crippen LogP contribution in [-0.2, 0) is 14.8 Å². The highest BCUT2D eigenvalue weighted by Gasteiger charge is 2.47. The lowest BCUT2D eigenvalue weighted by Gasteiger charge is -2.36. The van der Waals surface area contributed by atoms with E-state index in [1.165, 1.54) is 16.4 Å². The first-order valence-electron chi connectivity index (χ1n) is 16.9. The highest BCUT2D eigenvalue weighted by Crippen LogP contribution is 2.37. The van der Waals surface area contributed by atoms with Crippen molar-refractivity contribution in [2.75, 3.05) is 32.8 Å². The maximum atomic E-state index is 13.4. The summed E-state index contributed by atoms with van der Waals surface area (Å²) < 4.78 is 114. The van der Waals surface area contributed by atoms with Gasteiger partial charge < -0.3 is 24.8 Å². The average molecular weight is 775 g/mol. The molecule has 2 saturated heterocycles. The number of alkyl halides is 6. The van der Waals surface area contributed by atoms with E-state index in [0.29, 0.717) is 48.2 Å². The Hall–Kier alpha value is -4.16. The number of hydrogen-bond donors (Lipinski definition) is 2. The van der Waals surface area contributed by atoms with Gasteiger partial charge in [-0.1, -0.05) is 0 Å². The Morgan fingerprint density at radius 3 is 2.19 bits per heavy atom. The summed E-state index contributed by atoms with van der Waals surface area (Å²) in [7, 11) is -3.96. The molecule has 1 spiro atoms. The molecule has 0 radical (unpaired) electrons. The number of sulfonamides is 1. The van der Waals surface area contributed by atoms with Crippen molar-refractivity contribution in [3.63, 3.8) is 0 Å². The molecule has 290 valence electrons. The van der Waals surface area contributed by atoms with Crippen LogP contribution in [0.3, 0.4) is 0 Å². The quantitative estimate of drug-likeness (QED) is 0.236. The van der Waals surface area contributed by atoms with Gasteiger partial charge >= 0.3 is 12.5 Å². The van der Waals surface area contributed by atoms with Crippen LogP contribution in [0.5, 0.6) is 11.5 Å². The third kappa shape index (κ3) is 9.89. The summed E-state index contributed by atoms with van der Waals surface area (Å²) in [6.07, 6.45) is -8.94. The molecule has 2 amide bonds. The molecule has 2 aromatic rings. The van der Waals surface area contributed by atoms with Gasteiger partial charge in [0.15, 0.2) is 11.5 Å². The van der Waals surface area contributed by atoms with E-state index in [9.17, 15) is 49.5 Å². The summed E-state index contributed by atoms with van der Waals surface area (Å²) in [6, 6.07) is 6.56. The minimum absolute atomic E-state index is 0.00767. The minimum atomic E-state index is -5.11. The lowest BCUT2D eigenvalue weighted by atomic mass is 9.89. The number of nitrogens with one attached hydrogen (secondary N) is 1. The fourth-order valence-electron chi connectivity index (χ4n) is 6.51. The van der Waals surface area contributed by atoms with Gasteiger partial charge in [0.05, 0.1) is 12.2 Å². The van der Waals surface area contributed by atoms with Crippen LogP contribution in [-0.4, -0.2) is 96.8 Å². The van der Waals surface area contributed by atoms with Gasteiger partial charge in [-0.15, -0.1) is 13.2 Å². The zero-order chi connectivity index (χ0) is 39.0. The third-order valence-electron chi connectivity index (χ3n) is 9.57. The molecule has 11 nitrogen and oxygen atoms in total. The van der Waals surface area contributed by atoms with E-state index < -0.39 is 70.6 Å². The van der Waals surface area contributed by atoms with Crippen molar-refractivity contribution < 1.29 is 58.9 Å². The fraction of sp³-hybridized carbons (Fsp3) is 0.514. The topological polar surface area (TPSA) is 138 Å². The van der Waals surface area contributed by atoms with Crippen LogP contribution in [0, 0.1) is 13.8 Å². The zero-order valence-corrected chi connectivity index (χ0v) is 30.1. The first-order valence-corrected chi connectivity index (χ1v) is 18.4. The maximum absolute atomic E-state index is 13.4. The summed E-state index contributed by atoms with van der Waals surface area (Å²) in [5.74, 6) is -2.02. The highest BCUT2D eigenvalue weighted by atomic mass is 32.2. The summed E-state index contributed by atoms with van der Waals surface area (Å²) in [4.78, 5) is 32.5. The Morgan fingerprint density at radius 2 is 1.60 bits per heavy atom. The monoisotopic (exact) mass is 774 g/mol. The van der Waals surface area contributed by atoms with Crippen molar-refractivity contribution >= 4 is 33.7 Å². The molecule has 3 heterocycles. The smallest absolute Gasteiger partial charge is 0.490 e. The van der Waals surface area contributed by atoms with Crippen LogP contribution in [0.1, 0.15) is 78.1 Å². The first-order chi connectivity index (χ1) is 24.6. The minimum Gasteiger partial charge on any atom is -0.490 e. The summed E-state index contributed by atoms with van der Waals surface area (Å²) in [5.41, 5.74) is 0.418. The van der Waals surface area contributed by atoms with Crippen LogP contribution in [0.2, 0.25) is 0 Å². The molecule has 3 aliphatic rings. The number of amidine groups is 1. The summed E-state index contributed by atoms with van der Waals surface area (Å²) in [6.45, 7) is 5.44. The van der Waals surface area contributed by atoms with Crippen LogP contribution in [0.25, 0.3) is 6.08 Å². The number of likely N-dealkylation sites (tertiary alicyclic amines) is 1. The molecule has 0 bridgehead atoms. The van der Waals surface area contributed by atoms with Gasteiger partial charge in [0.25, 0.3) is 11.8 Å². The molecule has 0 aliphatic carbocycles. The number of nitrogens with zero attached hydrogens (tertiary/aromatic N) is 3. The Balaban J connectivity index is 1.26. The van der Waals surface area contributed by atoms with Gasteiger partial charge in [0, 0.05) is 49.1 Å². The van der Waals surface area contributed by atoms with Crippen molar-refractivity contribution in [3.8, 4) is 11.5 Å². The van der Waals surface area contributed by atoms with Gasteiger partial charge in [0.1, 0.15) is 11.4 Å². The summed E-state index contributed by atoms with van der Waals surface area (Å²) in [5, 5.41) is 13.9. The van der Waals surface area contributed by atoms with Gasteiger partial charge in [-0.2, -0.15) is 17.5 Å². The Morgan fingerprint density at radius 1 is 0.981 bits per heavy atom. The lowest BCUT2D eigenvalue weighted by Crippen LogP contribution is -2.50. The third-order valence-corrected chi connectivity index (χ3v) is 11.1. The number of aliphatic hydroxyl groups is 1. The highest BCUT2D eigenvalue weighted by molar-refractivity contribution is 7.92. The second-order valence-corrected chi connectivity index (χ2v) is 15.6. The number of benzene rings is 2. The van der Waals surface area contributed by atoms with Gasteiger partial charge in [0.2, 0.25) is 10.0 Å². The van der Waals surface area contributed by atoms with Crippen molar-refractivity contribution in [3.05, 3.63) is 63.6 Å². The van der Waals surface area contributed by atoms with Crippen molar-refractivity contribution in [1.29, 1.82) is 0 Å². The lowest BCUT2D eigenvalue weighted by molar-refractivity contribution is -0.275. The van der Waals surface area contributed by atoms with Gasteiger partial charge in [-0.25, -0.2) is 8.42 Å². The van der Waals surface area contributed by atoms with E-state index in [4.69, 9.17) is 4.74 Å². The number of amides is 2. The van der Waals surface area contributed by atoms with Crippen LogP contribution >= 0.6 is 0 Å². The summed E-state index contributed by atoms with van der Waals surface area (Å²) >= 11 is 0. The molecular formula is C35H40F6N4O7S. The molecule has 18 heteroatoms. The number of piperidine rings is 2. The van der Waals surface area contributed by atoms with Gasteiger partial charge in [-0.05, 0) is 106 Å². The van der Waals surface area contributed by atoms with Gasteiger partial charge in [-0.3, -0.25) is 14.6 Å². The van der Waals surface area contributed by atoms with E-state index in [1.54, 1.807) is 37.8 Å². The average Bonchev–Trinajstić information content (AvgIpc) is 3.36. The molecule has 53 heavy (non-hydrogen) atoms. The van der Waals surface area contributed by atoms with Crippen LogP contribution in [0.15, 0.2) is 40.7 Å². The van der Waals surface area contributed by atoms with Crippen LogP contribution < -0.4 is 14.8 Å². The largest absolute Gasteiger partial charge is 0.573 e. The maximum Gasteiger partial charge on any atom is 0.573 e. The number of hydrogen-bond acceptors (Lipinski definition) is 8. The molecule has 2 aromatic carbocycles. The molecule has 2 fully saturated rings. The number of aryl methyl sites for hydroxylation is 2. The molecule has 0 aromatic heterocycles. The van der Waals surface area contributed by atoms with E-state index in [-0.39, 0.29) is 43.2 Å². The second-order valence-electron chi connectivity index (χ2n) is 13.8. The number of aliphatic imine (C=N–C) groups is 1. The van der Waals surface area contributed by atoms with Crippen molar-refractivity contribution in [2.45, 2.75) is 83.0 Å². The van der Waals surface area contributed by atoms with E-state index in [2.05, 4.69) is 15.0 Å². The predicted octanol–water partition coefficient (Wildman–Crippen LogP) is 5.62. The van der Waals surface area contributed by atoms with E-state index in [0.717, 1.165) is 17.5 Å². The van der Waals surface area contributed by atoms with E-state index >= 15 is 0 Å². The number of rotatable bonds is 10. The Bertz CT molecular complexity index is 1870. The number of ether oxygens (including phenoxy) is 2. The second kappa shape index (κ2) is 14.9. The molecular weight excluding hydrogens is 734 g/mol. The molecule has 0 atom stereocenters. The standard InChI is InChI=1S/C35H40F6N4O7S/c1-22-19-25(30(46)44-13-9-32(3,48)10-14-44)20-23(2)26(22)7-18-53(49,50)45-15-11-33(12-16-45)31(47)42-29(43-33)24-5-6-27(52-35(39,40)41)28(21-24)51-17-4-8-34(36,37)38/h5-7,18-21,48H,4,8-17H2,1-3H3,(H,42,43,47). The SMILES string of the molecule is Cc1cc(C(=O)N2CCC(C)(O)CC2)cc(C)c1C=CS(=O)(=O)N1CCC2(CC1)N=C(c1ccc(OC(F)(F)F)c(OCCCC(F)(F)F)c1)NC2=O. The normalized spacial score (nSPS) is 19.4. The Kier molecular flexibility index (Phi) is 11.3. The molecule has 2 N–H and O–H groups in total. The molecule has 0 saturated carbocycles.